The van der Waals surface area contributed by atoms with Gasteiger partial charge in [0.2, 0.25) is 0 Å². The van der Waals surface area contributed by atoms with E-state index in [1.807, 2.05) is 36.4 Å². The van der Waals surface area contributed by atoms with Crippen LogP contribution in [0.25, 0.3) is 11.6 Å². The van der Waals surface area contributed by atoms with Crippen LogP contribution in [-0.2, 0) is 5.41 Å². The molecule has 3 aromatic rings. The standard InChI is InChI=1S/C28H24O3/c1-28(2)17-16-22(19-8-4-3-5-9-19)24-14-12-21(18-25(24)28)26(29)15-13-20-10-6-7-11-23(20)27(30)31/h3-16,18H,17H2,1-2H3,(H,30,31)/b15-13+. The summed E-state index contributed by atoms with van der Waals surface area (Å²) >= 11 is 0. The number of hydrogen-bond acceptors (Lipinski definition) is 2. The summed E-state index contributed by atoms with van der Waals surface area (Å²) in [5, 5.41) is 9.33. The van der Waals surface area contributed by atoms with Gasteiger partial charge in [-0.05, 0) is 57.9 Å². The maximum atomic E-state index is 12.9. The van der Waals surface area contributed by atoms with Crippen molar-refractivity contribution >= 4 is 23.4 Å². The Morgan fingerprint density at radius 2 is 1.65 bits per heavy atom. The molecule has 0 aliphatic heterocycles. The zero-order valence-corrected chi connectivity index (χ0v) is 17.6. The molecule has 0 spiro atoms. The van der Waals surface area contributed by atoms with Crippen LogP contribution in [-0.4, -0.2) is 16.9 Å². The Hall–Kier alpha value is -3.72. The van der Waals surface area contributed by atoms with Gasteiger partial charge in [-0.1, -0.05) is 86.7 Å². The Labute approximate surface area is 182 Å². The van der Waals surface area contributed by atoms with Crippen LogP contribution in [0.2, 0.25) is 0 Å². The van der Waals surface area contributed by atoms with Crippen molar-refractivity contribution in [3.05, 3.63) is 118 Å². The SMILES string of the molecule is CC1(C)CC=C(c2ccccc2)c2ccc(C(=O)/C=C/c3ccccc3C(=O)O)cc21. The fourth-order valence-electron chi connectivity index (χ4n) is 4.06. The molecule has 1 aliphatic rings. The van der Waals surface area contributed by atoms with E-state index in [-0.39, 0.29) is 16.8 Å². The Bertz CT molecular complexity index is 1210. The summed E-state index contributed by atoms with van der Waals surface area (Å²) in [6.45, 7) is 4.38. The number of carboxylic acids is 1. The van der Waals surface area contributed by atoms with Gasteiger partial charge in [-0.3, -0.25) is 4.79 Å². The lowest BCUT2D eigenvalue weighted by molar-refractivity contribution is 0.0696. The van der Waals surface area contributed by atoms with Crippen molar-refractivity contribution < 1.29 is 14.7 Å². The zero-order valence-electron chi connectivity index (χ0n) is 17.6. The molecule has 1 aliphatic carbocycles. The van der Waals surface area contributed by atoms with Gasteiger partial charge >= 0.3 is 5.97 Å². The van der Waals surface area contributed by atoms with E-state index in [2.05, 4.69) is 32.1 Å². The van der Waals surface area contributed by atoms with E-state index in [1.54, 1.807) is 24.3 Å². The summed E-state index contributed by atoms with van der Waals surface area (Å²) in [4.78, 5) is 24.3. The second-order valence-electron chi connectivity index (χ2n) is 8.42. The normalized spacial score (nSPS) is 14.7. The molecule has 0 saturated heterocycles. The van der Waals surface area contributed by atoms with Crippen LogP contribution in [0.4, 0.5) is 0 Å². The fourth-order valence-corrected chi connectivity index (χ4v) is 4.06. The number of aromatic carboxylic acids is 1. The number of hydrogen-bond donors (Lipinski definition) is 1. The third kappa shape index (κ3) is 4.13. The number of carbonyl (C=O) groups excluding carboxylic acids is 1. The molecule has 31 heavy (non-hydrogen) atoms. The van der Waals surface area contributed by atoms with Crippen molar-refractivity contribution in [2.75, 3.05) is 0 Å². The molecule has 3 aromatic carbocycles. The van der Waals surface area contributed by atoms with Crippen molar-refractivity contribution in [2.24, 2.45) is 0 Å². The van der Waals surface area contributed by atoms with Gasteiger partial charge in [0.05, 0.1) is 5.56 Å². The molecular weight excluding hydrogens is 384 g/mol. The number of ketones is 1. The molecular formula is C28H24O3. The van der Waals surface area contributed by atoms with Crippen LogP contribution >= 0.6 is 0 Å². The molecule has 1 N–H and O–H groups in total. The molecule has 0 heterocycles. The number of carbonyl (C=O) groups is 2. The summed E-state index contributed by atoms with van der Waals surface area (Å²) in [5.74, 6) is -1.15. The molecule has 0 saturated carbocycles. The largest absolute Gasteiger partial charge is 0.478 e. The number of benzene rings is 3. The van der Waals surface area contributed by atoms with Crippen LogP contribution in [0.5, 0.6) is 0 Å². The summed E-state index contributed by atoms with van der Waals surface area (Å²) in [7, 11) is 0. The van der Waals surface area contributed by atoms with Crippen molar-refractivity contribution in [3.8, 4) is 0 Å². The first kappa shape index (κ1) is 20.5. The second kappa shape index (κ2) is 8.19. The highest BCUT2D eigenvalue weighted by Crippen LogP contribution is 2.41. The lowest BCUT2D eigenvalue weighted by Gasteiger charge is -2.32. The first-order valence-electron chi connectivity index (χ1n) is 10.3. The van der Waals surface area contributed by atoms with Gasteiger partial charge in [-0.2, -0.15) is 0 Å². The molecule has 0 unspecified atom stereocenters. The third-order valence-electron chi connectivity index (χ3n) is 5.83. The lowest BCUT2D eigenvalue weighted by atomic mass is 9.71. The van der Waals surface area contributed by atoms with E-state index >= 15 is 0 Å². The lowest BCUT2D eigenvalue weighted by Crippen LogP contribution is -2.22. The van der Waals surface area contributed by atoms with Gasteiger partial charge < -0.3 is 5.11 Å². The van der Waals surface area contributed by atoms with Gasteiger partial charge in [-0.15, -0.1) is 0 Å². The van der Waals surface area contributed by atoms with Gasteiger partial charge in [0.15, 0.2) is 5.78 Å². The number of allylic oxidation sites excluding steroid dienone is 2. The summed E-state index contributed by atoms with van der Waals surface area (Å²) in [6.07, 6.45) is 6.20. The van der Waals surface area contributed by atoms with E-state index in [0.717, 1.165) is 17.5 Å². The summed E-state index contributed by atoms with van der Waals surface area (Å²) in [5.41, 5.74) is 5.88. The minimum atomic E-state index is -1.01. The molecule has 0 amide bonds. The fraction of sp³-hybridized carbons (Fsp3) is 0.143. The van der Waals surface area contributed by atoms with E-state index in [1.165, 1.54) is 23.3 Å². The Balaban J connectivity index is 1.69. The van der Waals surface area contributed by atoms with Crippen LogP contribution in [0, 0.1) is 0 Å². The number of rotatable bonds is 5. The van der Waals surface area contributed by atoms with Crippen molar-refractivity contribution in [2.45, 2.75) is 25.7 Å². The van der Waals surface area contributed by atoms with Crippen molar-refractivity contribution in [1.29, 1.82) is 0 Å². The van der Waals surface area contributed by atoms with E-state index in [4.69, 9.17) is 0 Å². The summed E-state index contributed by atoms with van der Waals surface area (Å²) in [6, 6.07) is 22.8. The first-order chi connectivity index (χ1) is 14.9. The maximum absolute atomic E-state index is 12.9. The Morgan fingerprint density at radius 1 is 0.935 bits per heavy atom. The first-order valence-corrected chi connectivity index (χ1v) is 10.3. The number of carboxylic acid groups (broad SMARTS) is 1. The smallest absolute Gasteiger partial charge is 0.336 e. The Kier molecular flexibility index (Phi) is 5.43. The quantitative estimate of drug-likeness (QED) is 0.393. The third-order valence-corrected chi connectivity index (χ3v) is 5.83. The van der Waals surface area contributed by atoms with Crippen molar-refractivity contribution in [1.82, 2.24) is 0 Å². The summed E-state index contributed by atoms with van der Waals surface area (Å²) < 4.78 is 0. The highest BCUT2D eigenvalue weighted by Gasteiger charge is 2.29. The monoisotopic (exact) mass is 408 g/mol. The number of fused-ring (bicyclic) bond motifs is 1. The molecule has 0 bridgehead atoms. The average Bonchev–Trinajstić information content (AvgIpc) is 2.78. The van der Waals surface area contributed by atoms with Gasteiger partial charge in [-0.25, -0.2) is 4.79 Å². The van der Waals surface area contributed by atoms with Gasteiger partial charge in [0.25, 0.3) is 0 Å². The molecule has 154 valence electrons. The predicted molar refractivity (Wildman–Crippen MR) is 124 cm³/mol. The maximum Gasteiger partial charge on any atom is 0.336 e. The van der Waals surface area contributed by atoms with Crippen LogP contribution < -0.4 is 0 Å². The minimum absolute atomic E-state index is 0.0798. The Morgan fingerprint density at radius 3 is 2.39 bits per heavy atom. The highest BCUT2D eigenvalue weighted by atomic mass is 16.4. The molecule has 3 nitrogen and oxygen atoms in total. The van der Waals surface area contributed by atoms with Crippen LogP contribution in [0.3, 0.4) is 0 Å². The molecule has 0 atom stereocenters. The zero-order chi connectivity index (χ0) is 22.0. The second-order valence-corrected chi connectivity index (χ2v) is 8.42. The van der Waals surface area contributed by atoms with E-state index in [9.17, 15) is 14.7 Å². The van der Waals surface area contributed by atoms with E-state index < -0.39 is 5.97 Å². The van der Waals surface area contributed by atoms with E-state index in [0.29, 0.717) is 11.1 Å². The highest BCUT2D eigenvalue weighted by molar-refractivity contribution is 6.08. The molecule has 0 radical (unpaired) electrons. The molecule has 0 aromatic heterocycles. The molecule has 4 rings (SSSR count). The van der Waals surface area contributed by atoms with Gasteiger partial charge in [0, 0.05) is 5.56 Å². The molecule has 0 fully saturated rings. The average molecular weight is 408 g/mol. The van der Waals surface area contributed by atoms with Gasteiger partial charge in [0.1, 0.15) is 0 Å². The molecule has 3 heteroatoms. The van der Waals surface area contributed by atoms with Crippen molar-refractivity contribution in [3.63, 3.8) is 0 Å². The minimum Gasteiger partial charge on any atom is -0.478 e. The van der Waals surface area contributed by atoms with Crippen LogP contribution in [0.1, 0.15) is 63.2 Å². The predicted octanol–water partition coefficient (Wildman–Crippen LogP) is 6.39. The van der Waals surface area contributed by atoms with Crippen LogP contribution in [0.15, 0.2) is 84.9 Å². The topological polar surface area (TPSA) is 54.4 Å².